The van der Waals surface area contributed by atoms with Crippen molar-refractivity contribution < 1.29 is 17.9 Å². The van der Waals surface area contributed by atoms with Gasteiger partial charge in [0.05, 0.1) is 36.2 Å². The summed E-state index contributed by atoms with van der Waals surface area (Å²) < 4.78 is 46.2. The first-order valence-corrected chi connectivity index (χ1v) is 9.87. The summed E-state index contributed by atoms with van der Waals surface area (Å²) in [6, 6.07) is 12.2. The standard InChI is InChI=1S/C20H16BrF3N4OS/c1-19(10-25,26-17(30)12-3-5-13(6-4-12)20(22,23)24)11-28-18(29-2)15-8-7-14(21)9-16(15)27-28/h3-9H,11H2,1-2H3,(H,26,30). The van der Waals surface area contributed by atoms with Crippen molar-refractivity contribution >= 4 is 44.0 Å². The third kappa shape index (κ3) is 4.57. The number of halogens is 4. The maximum absolute atomic E-state index is 12.8. The Morgan fingerprint density at radius 1 is 1.27 bits per heavy atom. The van der Waals surface area contributed by atoms with Crippen LogP contribution in [-0.4, -0.2) is 27.4 Å². The van der Waals surface area contributed by atoms with Gasteiger partial charge in [-0.25, -0.2) is 4.68 Å². The topological polar surface area (TPSA) is 62.9 Å². The van der Waals surface area contributed by atoms with Crippen molar-refractivity contribution in [1.82, 2.24) is 15.1 Å². The van der Waals surface area contributed by atoms with Gasteiger partial charge in [-0.2, -0.15) is 23.5 Å². The summed E-state index contributed by atoms with van der Waals surface area (Å²) in [5.74, 6) is 0.487. The normalized spacial score (nSPS) is 13.5. The molecule has 156 valence electrons. The number of rotatable bonds is 5. The van der Waals surface area contributed by atoms with Crippen molar-refractivity contribution in [2.45, 2.75) is 25.2 Å². The summed E-state index contributed by atoms with van der Waals surface area (Å²) in [7, 11) is 1.51. The first kappa shape index (κ1) is 22.1. The number of nitriles is 1. The molecule has 0 amide bonds. The molecule has 1 heterocycles. The molecule has 1 aromatic heterocycles. The Morgan fingerprint density at radius 2 is 1.93 bits per heavy atom. The first-order valence-electron chi connectivity index (χ1n) is 8.67. The predicted molar refractivity (Wildman–Crippen MR) is 114 cm³/mol. The second-order valence-corrected chi connectivity index (χ2v) is 8.13. The molecule has 1 atom stereocenters. The molecule has 0 aliphatic heterocycles. The van der Waals surface area contributed by atoms with Gasteiger partial charge in [0.2, 0.25) is 5.88 Å². The van der Waals surface area contributed by atoms with Crippen LogP contribution in [-0.2, 0) is 12.7 Å². The molecule has 0 fully saturated rings. The Labute approximate surface area is 184 Å². The summed E-state index contributed by atoms with van der Waals surface area (Å²) in [5, 5.41) is 18.0. The van der Waals surface area contributed by atoms with Crippen molar-refractivity contribution in [3.05, 3.63) is 58.1 Å². The molecule has 3 rings (SSSR count). The van der Waals surface area contributed by atoms with Gasteiger partial charge in [-0.15, -0.1) is 0 Å². The Hall–Kier alpha value is -2.64. The smallest absolute Gasteiger partial charge is 0.416 e. The van der Waals surface area contributed by atoms with Crippen LogP contribution in [0.15, 0.2) is 46.9 Å². The number of ether oxygens (including phenoxy) is 1. The highest BCUT2D eigenvalue weighted by Gasteiger charge is 2.31. The van der Waals surface area contributed by atoms with Crippen molar-refractivity contribution in [2.75, 3.05) is 7.11 Å². The minimum absolute atomic E-state index is 0.0970. The summed E-state index contributed by atoms with van der Waals surface area (Å²) in [6.07, 6.45) is -4.43. The summed E-state index contributed by atoms with van der Waals surface area (Å²) in [5.41, 5.74) is -0.893. The number of benzene rings is 2. The van der Waals surface area contributed by atoms with Gasteiger partial charge >= 0.3 is 6.18 Å². The molecule has 1 unspecified atom stereocenters. The van der Waals surface area contributed by atoms with E-state index in [4.69, 9.17) is 17.0 Å². The number of thiocarbonyl (C=S) groups is 1. The number of fused-ring (bicyclic) bond motifs is 1. The Bertz CT molecular complexity index is 1140. The van der Waals surface area contributed by atoms with E-state index in [1.807, 2.05) is 18.2 Å². The van der Waals surface area contributed by atoms with Gasteiger partial charge in [0.25, 0.3) is 0 Å². The molecular weight excluding hydrogens is 481 g/mol. The van der Waals surface area contributed by atoms with Crippen LogP contribution in [0.3, 0.4) is 0 Å². The zero-order valence-electron chi connectivity index (χ0n) is 15.9. The minimum atomic E-state index is -4.43. The van der Waals surface area contributed by atoms with Crippen LogP contribution in [0.2, 0.25) is 0 Å². The van der Waals surface area contributed by atoms with Gasteiger partial charge in [0.15, 0.2) is 0 Å². The molecule has 5 nitrogen and oxygen atoms in total. The van der Waals surface area contributed by atoms with Gasteiger partial charge in [-0.3, -0.25) is 0 Å². The fraction of sp³-hybridized carbons (Fsp3) is 0.250. The molecular formula is C20H16BrF3N4OS. The molecule has 0 saturated carbocycles. The van der Waals surface area contributed by atoms with Crippen LogP contribution in [0.1, 0.15) is 18.1 Å². The van der Waals surface area contributed by atoms with E-state index in [1.165, 1.54) is 19.2 Å². The van der Waals surface area contributed by atoms with Gasteiger partial charge in [0, 0.05) is 10.0 Å². The molecule has 0 bridgehead atoms. The third-order valence-corrected chi connectivity index (χ3v) is 5.25. The number of methoxy groups -OCH3 is 1. The number of hydrogen-bond donors (Lipinski definition) is 1. The van der Waals surface area contributed by atoms with E-state index in [2.05, 4.69) is 32.4 Å². The van der Waals surface area contributed by atoms with Crippen LogP contribution in [0.25, 0.3) is 10.9 Å². The number of hydrogen-bond acceptors (Lipinski definition) is 4. The Kier molecular flexibility index (Phi) is 6.06. The quantitative estimate of drug-likeness (QED) is 0.499. The minimum Gasteiger partial charge on any atom is -0.481 e. The van der Waals surface area contributed by atoms with Crippen LogP contribution in [0.4, 0.5) is 13.2 Å². The molecule has 2 aromatic carbocycles. The van der Waals surface area contributed by atoms with Gasteiger partial charge in [-0.05, 0) is 37.3 Å². The molecule has 3 aromatic rings. The van der Waals surface area contributed by atoms with E-state index in [9.17, 15) is 18.4 Å². The average Bonchev–Trinajstić information content (AvgIpc) is 3.02. The van der Waals surface area contributed by atoms with Crippen LogP contribution in [0.5, 0.6) is 5.88 Å². The van der Waals surface area contributed by atoms with E-state index < -0.39 is 17.3 Å². The molecule has 0 aliphatic rings. The highest BCUT2D eigenvalue weighted by atomic mass is 79.9. The second-order valence-electron chi connectivity index (χ2n) is 6.80. The predicted octanol–water partition coefficient (Wildman–Crippen LogP) is 5.07. The SMILES string of the molecule is COc1c2ccc(Br)cc2nn1CC(C)(C#N)NC(=S)c1ccc(C(F)(F)F)cc1. The van der Waals surface area contributed by atoms with E-state index in [1.54, 1.807) is 11.6 Å². The van der Waals surface area contributed by atoms with Crippen LogP contribution in [0, 0.1) is 11.3 Å². The lowest BCUT2D eigenvalue weighted by Crippen LogP contribution is -2.47. The van der Waals surface area contributed by atoms with Gasteiger partial charge in [-0.1, -0.05) is 40.3 Å². The number of alkyl halides is 3. The van der Waals surface area contributed by atoms with Gasteiger partial charge in [0.1, 0.15) is 10.5 Å². The number of nitrogens with zero attached hydrogens (tertiary/aromatic N) is 3. The maximum Gasteiger partial charge on any atom is 0.416 e. The van der Waals surface area contributed by atoms with Crippen molar-refractivity contribution in [3.63, 3.8) is 0 Å². The molecule has 30 heavy (non-hydrogen) atoms. The lowest BCUT2D eigenvalue weighted by atomic mass is 10.0. The van der Waals surface area contributed by atoms with Crippen LogP contribution >= 0.6 is 28.1 Å². The average molecular weight is 497 g/mol. The first-order chi connectivity index (χ1) is 14.1. The zero-order valence-corrected chi connectivity index (χ0v) is 18.3. The fourth-order valence-corrected chi connectivity index (χ4v) is 3.65. The Morgan fingerprint density at radius 3 is 2.50 bits per heavy atom. The summed E-state index contributed by atoms with van der Waals surface area (Å²) in [6.45, 7) is 1.73. The van der Waals surface area contributed by atoms with E-state index >= 15 is 0 Å². The van der Waals surface area contributed by atoms with E-state index in [0.29, 0.717) is 17.0 Å². The van der Waals surface area contributed by atoms with Crippen molar-refractivity contribution in [1.29, 1.82) is 5.26 Å². The lowest BCUT2D eigenvalue weighted by Gasteiger charge is -2.25. The highest BCUT2D eigenvalue weighted by Crippen LogP contribution is 2.30. The van der Waals surface area contributed by atoms with Crippen molar-refractivity contribution in [2.24, 2.45) is 0 Å². The molecule has 10 heteroatoms. The fourth-order valence-electron chi connectivity index (χ4n) is 2.94. The monoisotopic (exact) mass is 496 g/mol. The summed E-state index contributed by atoms with van der Waals surface area (Å²) >= 11 is 8.72. The maximum atomic E-state index is 12.8. The van der Waals surface area contributed by atoms with Crippen LogP contribution < -0.4 is 10.1 Å². The van der Waals surface area contributed by atoms with Crippen molar-refractivity contribution in [3.8, 4) is 11.9 Å². The van der Waals surface area contributed by atoms with Gasteiger partial charge < -0.3 is 10.1 Å². The van der Waals surface area contributed by atoms with E-state index in [-0.39, 0.29) is 11.5 Å². The second kappa shape index (κ2) is 8.24. The highest BCUT2D eigenvalue weighted by molar-refractivity contribution is 9.10. The number of aromatic nitrogens is 2. The Balaban J connectivity index is 1.85. The largest absolute Gasteiger partial charge is 0.481 e. The van der Waals surface area contributed by atoms with E-state index in [0.717, 1.165) is 22.0 Å². The molecule has 0 spiro atoms. The molecule has 1 N–H and O–H groups in total. The molecule has 0 aliphatic carbocycles. The summed E-state index contributed by atoms with van der Waals surface area (Å²) in [4.78, 5) is 0.159. The molecule has 0 radical (unpaired) electrons. The zero-order chi connectivity index (χ0) is 22.1. The lowest BCUT2D eigenvalue weighted by molar-refractivity contribution is -0.137. The molecule has 0 saturated heterocycles. The number of nitrogens with one attached hydrogen (secondary N) is 1. The third-order valence-electron chi connectivity index (χ3n) is 4.42.